The maximum absolute atomic E-state index is 12.8. The molecule has 3 aliphatic rings. The van der Waals surface area contributed by atoms with Gasteiger partial charge >= 0.3 is 0 Å². The Morgan fingerprint density at radius 3 is 2.04 bits per heavy atom. The maximum Gasteiger partial charge on any atom is 0.233 e. The molecule has 1 aromatic rings. The molecule has 1 N–H and O–H groups in total. The molecule has 1 heterocycles. The van der Waals surface area contributed by atoms with E-state index in [4.69, 9.17) is 4.74 Å². The number of carbonyl (C=O) groups excluding carboxylic acids is 3. The van der Waals surface area contributed by atoms with Gasteiger partial charge in [-0.15, -0.1) is 0 Å². The van der Waals surface area contributed by atoms with E-state index >= 15 is 0 Å². The molecule has 2 saturated carbocycles. The number of methoxy groups -OCH3 is 1. The molecule has 2 atom stereocenters. The number of likely N-dealkylation sites (tertiary alicyclic amines) is 1. The first-order valence-electron chi connectivity index (χ1n) is 10.4. The van der Waals surface area contributed by atoms with Crippen LogP contribution in [0.3, 0.4) is 0 Å². The first kappa shape index (κ1) is 19.0. The zero-order valence-corrected chi connectivity index (χ0v) is 16.4. The van der Waals surface area contributed by atoms with Crippen LogP contribution < -0.4 is 10.1 Å². The fourth-order valence-corrected chi connectivity index (χ4v) is 5.06. The third-order valence-corrected chi connectivity index (χ3v) is 6.67. The highest BCUT2D eigenvalue weighted by molar-refractivity contribution is 6.05. The number of nitrogens with one attached hydrogen (secondary N) is 1. The lowest BCUT2D eigenvalue weighted by Gasteiger charge is -2.33. The molecule has 4 rings (SSSR count). The standard InChI is InChI=1S/C22H28N2O4/c1-28-17-12-8-15(9-13-17)23-20(25)14-6-10-16(11-7-14)24-21(26)18-4-2-3-5-19(18)22(24)27/h8-9,12-14,16,18-19H,2-7,10-11H2,1H3,(H,23,25)/t14?,16?,18-,19-/m0/s1. The average molecular weight is 384 g/mol. The number of anilines is 1. The first-order chi connectivity index (χ1) is 13.6. The van der Waals surface area contributed by atoms with E-state index in [1.807, 2.05) is 24.3 Å². The van der Waals surface area contributed by atoms with Gasteiger partial charge in [-0.3, -0.25) is 19.3 Å². The number of hydrogen-bond acceptors (Lipinski definition) is 4. The van der Waals surface area contributed by atoms with Crippen molar-refractivity contribution in [2.45, 2.75) is 57.4 Å². The van der Waals surface area contributed by atoms with E-state index in [1.54, 1.807) is 12.0 Å². The second-order valence-corrected chi connectivity index (χ2v) is 8.27. The number of imide groups is 1. The SMILES string of the molecule is COc1ccc(NC(=O)C2CCC(N3C(=O)[C@H]4CCCC[C@@H]4C3=O)CC2)cc1. The topological polar surface area (TPSA) is 75.7 Å². The number of nitrogens with zero attached hydrogens (tertiary/aromatic N) is 1. The second-order valence-electron chi connectivity index (χ2n) is 8.27. The van der Waals surface area contributed by atoms with Crippen molar-refractivity contribution < 1.29 is 19.1 Å². The number of carbonyl (C=O) groups is 3. The van der Waals surface area contributed by atoms with E-state index in [0.29, 0.717) is 12.8 Å². The highest BCUT2D eigenvalue weighted by atomic mass is 16.5. The van der Waals surface area contributed by atoms with E-state index in [-0.39, 0.29) is 41.5 Å². The molecule has 28 heavy (non-hydrogen) atoms. The van der Waals surface area contributed by atoms with E-state index < -0.39 is 0 Å². The van der Waals surface area contributed by atoms with Gasteiger partial charge in [0.2, 0.25) is 17.7 Å². The second kappa shape index (κ2) is 7.94. The third kappa shape index (κ3) is 3.52. The molecule has 1 aliphatic heterocycles. The summed E-state index contributed by atoms with van der Waals surface area (Å²) >= 11 is 0. The van der Waals surface area contributed by atoms with Gasteiger partial charge in [-0.2, -0.15) is 0 Å². The van der Waals surface area contributed by atoms with Gasteiger partial charge in [0.05, 0.1) is 18.9 Å². The van der Waals surface area contributed by atoms with Crippen LogP contribution in [0.25, 0.3) is 0 Å². The highest BCUT2D eigenvalue weighted by Gasteiger charge is 2.50. The summed E-state index contributed by atoms with van der Waals surface area (Å²) in [5, 5.41) is 2.96. The molecule has 2 aliphatic carbocycles. The van der Waals surface area contributed by atoms with Crippen molar-refractivity contribution in [3.05, 3.63) is 24.3 Å². The van der Waals surface area contributed by atoms with Crippen molar-refractivity contribution in [3.63, 3.8) is 0 Å². The minimum absolute atomic E-state index is 0.0105. The molecule has 0 aromatic heterocycles. The predicted molar refractivity (Wildman–Crippen MR) is 105 cm³/mol. The van der Waals surface area contributed by atoms with Crippen molar-refractivity contribution in [1.29, 1.82) is 0 Å². The van der Waals surface area contributed by atoms with Crippen molar-refractivity contribution >= 4 is 23.4 Å². The van der Waals surface area contributed by atoms with Crippen molar-refractivity contribution in [2.24, 2.45) is 17.8 Å². The maximum atomic E-state index is 12.8. The molecule has 1 aromatic carbocycles. The molecule has 6 heteroatoms. The Hall–Kier alpha value is -2.37. The quantitative estimate of drug-likeness (QED) is 0.808. The van der Waals surface area contributed by atoms with Gasteiger partial charge in [0, 0.05) is 17.6 Å². The number of rotatable bonds is 4. The lowest BCUT2D eigenvalue weighted by atomic mass is 9.81. The molecule has 6 nitrogen and oxygen atoms in total. The Bertz CT molecular complexity index is 728. The van der Waals surface area contributed by atoms with E-state index in [9.17, 15) is 14.4 Å². The van der Waals surface area contributed by atoms with Gasteiger partial charge in [-0.1, -0.05) is 12.8 Å². The number of benzene rings is 1. The molecule has 3 fully saturated rings. The molecular formula is C22H28N2O4. The highest BCUT2D eigenvalue weighted by Crippen LogP contribution is 2.41. The zero-order valence-electron chi connectivity index (χ0n) is 16.4. The molecule has 0 bridgehead atoms. The van der Waals surface area contributed by atoms with E-state index in [1.165, 1.54) is 0 Å². The summed E-state index contributed by atoms with van der Waals surface area (Å²) in [5.74, 6) is 0.597. The number of fused-ring (bicyclic) bond motifs is 1. The van der Waals surface area contributed by atoms with Crippen LogP contribution in [0, 0.1) is 17.8 Å². The summed E-state index contributed by atoms with van der Waals surface area (Å²) in [6.45, 7) is 0. The Balaban J connectivity index is 1.33. The molecule has 0 unspecified atom stereocenters. The zero-order chi connectivity index (χ0) is 19.7. The summed E-state index contributed by atoms with van der Waals surface area (Å²) in [7, 11) is 1.61. The van der Waals surface area contributed by atoms with Crippen LogP contribution in [-0.4, -0.2) is 35.8 Å². The van der Waals surface area contributed by atoms with Crippen LogP contribution in [0.15, 0.2) is 24.3 Å². The molecule has 3 amide bonds. The Kier molecular flexibility index (Phi) is 5.38. The van der Waals surface area contributed by atoms with Gasteiger partial charge in [-0.25, -0.2) is 0 Å². The number of amides is 3. The van der Waals surface area contributed by atoms with Crippen molar-refractivity contribution in [2.75, 3.05) is 12.4 Å². The summed E-state index contributed by atoms with van der Waals surface area (Å²) in [4.78, 5) is 39.7. The third-order valence-electron chi connectivity index (χ3n) is 6.67. The van der Waals surface area contributed by atoms with Crippen LogP contribution in [0.4, 0.5) is 5.69 Å². The van der Waals surface area contributed by atoms with Crippen molar-refractivity contribution in [1.82, 2.24) is 4.90 Å². The smallest absolute Gasteiger partial charge is 0.233 e. The molecular weight excluding hydrogens is 356 g/mol. The summed E-state index contributed by atoms with van der Waals surface area (Å²) in [6, 6.07) is 7.25. The van der Waals surface area contributed by atoms with Crippen LogP contribution in [0.1, 0.15) is 51.4 Å². The van der Waals surface area contributed by atoms with Crippen molar-refractivity contribution in [3.8, 4) is 5.75 Å². The monoisotopic (exact) mass is 384 g/mol. The van der Waals surface area contributed by atoms with Crippen LogP contribution >= 0.6 is 0 Å². The fourth-order valence-electron chi connectivity index (χ4n) is 5.06. The van der Waals surface area contributed by atoms with E-state index in [2.05, 4.69) is 5.32 Å². The van der Waals surface area contributed by atoms with Gasteiger partial charge in [0.25, 0.3) is 0 Å². The largest absolute Gasteiger partial charge is 0.497 e. The fraction of sp³-hybridized carbons (Fsp3) is 0.591. The summed E-state index contributed by atoms with van der Waals surface area (Å²) in [6.07, 6.45) is 6.66. The Labute approximate surface area is 165 Å². The van der Waals surface area contributed by atoms with Gasteiger partial charge in [-0.05, 0) is 62.8 Å². The van der Waals surface area contributed by atoms with Gasteiger partial charge in [0.1, 0.15) is 5.75 Å². The first-order valence-corrected chi connectivity index (χ1v) is 10.4. The number of hydrogen-bond donors (Lipinski definition) is 1. The van der Waals surface area contributed by atoms with Gasteiger partial charge in [0.15, 0.2) is 0 Å². The molecule has 1 saturated heterocycles. The van der Waals surface area contributed by atoms with Crippen LogP contribution in [0.5, 0.6) is 5.75 Å². The molecule has 0 radical (unpaired) electrons. The Morgan fingerprint density at radius 1 is 0.929 bits per heavy atom. The number of ether oxygens (including phenoxy) is 1. The minimum Gasteiger partial charge on any atom is -0.497 e. The summed E-state index contributed by atoms with van der Waals surface area (Å²) < 4.78 is 5.13. The summed E-state index contributed by atoms with van der Waals surface area (Å²) in [5.41, 5.74) is 0.752. The predicted octanol–water partition coefficient (Wildman–Crippen LogP) is 3.37. The minimum atomic E-state index is -0.0858. The van der Waals surface area contributed by atoms with Gasteiger partial charge < -0.3 is 10.1 Å². The normalized spacial score (nSPS) is 30.1. The molecule has 150 valence electrons. The lowest BCUT2D eigenvalue weighted by molar-refractivity contribution is -0.143. The Morgan fingerprint density at radius 2 is 1.50 bits per heavy atom. The van der Waals surface area contributed by atoms with E-state index in [0.717, 1.165) is 50.0 Å². The van der Waals surface area contributed by atoms with Crippen LogP contribution in [0.2, 0.25) is 0 Å². The average Bonchev–Trinajstić information content (AvgIpc) is 2.99. The molecule has 0 spiro atoms. The van der Waals surface area contributed by atoms with Crippen LogP contribution in [-0.2, 0) is 14.4 Å². The lowest BCUT2D eigenvalue weighted by Crippen LogP contribution is -2.43.